The lowest BCUT2D eigenvalue weighted by molar-refractivity contribution is 0.132. The summed E-state index contributed by atoms with van der Waals surface area (Å²) >= 11 is 1.52. The number of aryl methyl sites for hydroxylation is 1. The van der Waals surface area contributed by atoms with Crippen molar-refractivity contribution in [1.82, 2.24) is 10.3 Å². The lowest BCUT2D eigenvalue weighted by Gasteiger charge is -2.19. The second-order valence-corrected chi connectivity index (χ2v) is 8.31. The Morgan fingerprint density at radius 3 is 2.70 bits per heavy atom. The number of carbonyl (C=O) groups excluding carboxylic acids is 1. The number of carbonyl (C=O) groups is 1. The molecular weight excluding hydrogens is 362 g/mol. The van der Waals surface area contributed by atoms with Gasteiger partial charge in [0.25, 0.3) is 0 Å². The van der Waals surface area contributed by atoms with Gasteiger partial charge >= 0.3 is 6.09 Å². The molecule has 1 heterocycles. The average Bonchev–Trinajstić information content (AvgIpc) is 3.08. The Hall–Kier alpha value is -2.57. The molecule has 144 valence electrons. The van der Waals surface area contributed by atoms with Gasteiger partial charge in [-0.05, 0) is 51.1 Å². The van der Waals surface area contributed by atoms with Gasteiger partial charge in [-0.15, -0.1) is 11.3 Å². The Balaban J connectivity index is 1.84. The summed E-state index contributed by atoms with van der Waals surface area (Å²) in [5, 5.41) is 7.20. The zero-order chi connectivity index (χ0) is 19.7. The molecule has 2 rings (SSSR count). The van der Waals surface area contributed by atoms with Crippen LogP contribution in [-0.2, 0) is 17.8 Å². The maximum absolute atomic E-state index is 11.7. The molecule has 1 amide bonds. The van der Waals surface area contributed by atoms with Crippen LogP contribution in [-0.4, -0.2) is 23.2 Å². The number of thiazole rings is 1. The van der Waals surface area contributed by atoms with Crippen molar-refractivity contribution in [3.63, 3.8) is 0 Å². The van der Waals surface area contributed by atoms with E-state index in [1.54, 1.807) is 6.20 Å². The summed E-state index contributed by atoms with van der Waals surface area (Å²) in [6.45, 7) is 6.48. The summed E-state index contributed by atoms with van der Waals surface area (Å²) in [7, 11) is 0. The lowest BCUT2D eigenvalue weighted by atomic mass is 10.1. The van der Waals surface area contributed by atoms with Crippen LogP contribution in [0.15, 0.2) is 35.6 Å². The minimum absolute atomic E-state index is 0.211. The standard InChI is InChI=1S/C19H25N5O2S/c1-19(2,3)23-18(25)26-13-16-12-21-17(27-16)15-9-7-14(8-10-15)6-4-5-11-22-24-20/h7-10,12H,4-6,11,13H2,1-3H3,(H,23,25). The third-order valence-electron chi connectivity index (χ3n) is 3.61. The van der Waals surface area contributed by atoms with Crippen molar-refractivity contribution in [1.29, 1.82) is 0 Å². The number of rotatable bonds is 8. The Labute approximate surface area is 163 Å². The van der Waals surface area contributed by atoms with Gasteiger partial charge in [0, 0.05) is 28.8 Å². The number of hydrogen-bond donors (Lipinski definition) is 1. The molecule has 0 aliphatic rings. The predicted molar refractivity (Wildman–Crippen MR) is 108 cm³/mol. The van der Waals surface area contributed by atoms with Crippen LogP contribution in [0.5, 0.6) is 0 Å². The highest BCUT2D eigenvalue weighted by molar-refractivity contribution is 7.15. The number of benzene rings is 1. The van der Waals surface area contributed by atoms with Crippen molar-refractivity contribution in [2.24, 2.45) is 5.11 Å². The van der Waals surface area contributed by atoms with Crippen molar-refractivity contribution in [3.05, 3.63) is 51.3 Å². The van der Waals surface area contributed by atoms with E-state index in [4.69, 9.17) is 10.3 Å². The third kappa shape index (κ3) is 7.68. The summed E-state index contributed by atoms with van der Waals surface area (Å²) in [5.74, 6) is 0. The highest BCUT2D eigenvalue weighted by Crippen LogP contribution is 2.26. The number of hydrogen-bond acceptors (Lipinski definition) is 5. The van der Waals surface area contributed by atoms with E-state index in [1.807, 2.05) is 20.8 Å². The lowest BCUT2D eigenvalue weighted by Crippen LogP contribution is -2.40. The van der Waals surface area contributed by atoms with Gasteiger partial charge in [0.05, 0.1) is 4.88 Å². The maximum Gasteiger partial charge on any atom is 0.407 e. The Morgan fingerprint density at radius 2 is 2.04 bits per heavy atom. The summed E-state index contributed by atoms with van der Waals surface area (Å²) in [6, 6.07) is 8.30. The molecule has 0 bridgehead atoms. The number of alkyl carbamates (subject to hydrolysis) is 1. The van der Waals surface area contributed by atoms with Crippen LogP contribution in [0.25, 0.3) is 21.0 Å². The average molecular weight is 388 g/mol. The first kappa shape index (κ1) is 20.7. The van der Waals surface area contributed by atoms with Gasteiger partial charge in [-0.2, -0.15) is 0 Å². The van der Waals surface area contributed by atoms with Crippen LogP contribution in [0.3, 0.4) is 0 Å². The van der Waals surface area contributed by atoms with Crippen LogP contribution in [0.4, 0.5) is 4.79 Å². The van der Waals surface area contributed by atoms with E-state index < -0.39 is 6.09 Å². The van der Waals surface area contributed by atoms with E-state index in [-0.39, 0.29) is 12.1 Å². The van der Waals surface area contributed by atoms with Crippen molar-refractivity contribution in [2.45, 2.75) is 52.2 Å². The molecule has 1 N–H and O–H groups in total. The molecule has 0 radical (unpaired) electrons. The van der Waals surface area contributed by atoms with Gasteiger partial charge in [-0.1, -0.05) is 29.4 Å². The molecule has 27 heavy (non-hydrogen) atoms. The third-order valence-corrected chi connectivity index (χ3v) is 4.63. The molecule has 0 saturated carbocycles. The van der Waals surface area contributed by atoms with Gasteiger partial charge < -0.3 is 10.1 Å². The van der Waals surface area contributed by atoms with E-state index in [0.717, 1.165) is 34.7 Å². The molecule has 1 aromatic carbocycles. The Bertz CT molecular complexity index is 789. The topological polar surface area (TPSA) is 100.0 Å². The van der Waals surface area contributed by atoms with Crippen molar-refractivity contribution in [3.8, 4) is 10.6 Å². The monoisotopic (exact) mass is 387 g/mol. The fraction of sp³-hybridized carbons (Fsp3) is 0.474. The first-order valence-electron chi connectivity index (χ1n) is 8.87. The number of aromatic nitrogens is 1. The van der Waals surface area contributed by atoms with Crippen LogP contribution >= 0.6 is 11.3 Å². The van der Waals surface area contributed by atoms with Crippen LogP contribution in [0, 0.1) is 0 Å². The molecule has 7 nitrogen and oxygen atoms in total. The Morgan fingerprint density at radius 1 is 1.30 bits per heavy atom. The Kier molecular flexibility index (Phi) is 7.64. The molecule has 0 atom stereocenters. The number of ether oxygens (including phenoxy) is 1. The molecule has 1 aromatic heterocycles. The van der Waals surface area contributed by atoms with Crippen molar-refractivity contribution in [2.75, 3.05) is 6.54 Å². The van der Waals surface area contributed by atoms with Crippen molar-refractivity contribution >= 4 is 17.4 Å². The minimum atomic E-state index is -0.428. The number of unbranched alkanes of at least 4 members (excludes halogenated alkanes) is 1. The summed E-state index contributed by atoms with van der Waals surface area (Å²) in [4.78, 5) is 19.8. The van der Waals surface area contributed by atoms with Gasteiger partial charge in [-0.25, -0.2) is 9.78 Å². The van der Waals surface area contributed by atoms with Gasteiger partial charge in [0.2, 0.25) is 0 Å². The second-order valence-electron chi connectivity index (χ2n) is 7.19. The molecular formula is C19H25N5O2S. The van der Waals surface area contributed by atoms with Crippen molar-refractivity contribution < 1.29 is 9.53 Å². The molecule has 8 heteroatoms. The van der Waals surface area contributed by atoms with E-state index in [0.29, 0.717) is 6.54 Å². The van der Waals surface area contributed by atoms with E-state index >= 15 is 0 Å². The molecule has 0 aliphatic carbocycles. The van der Waals surface area contributed by atoms with Crippen LogP contribution < -0.4 is 5.32 Å². The largest absolute Gasteiger partial charge is 0.444 e. The minimum Gasteiger partial charge on any atom is -0.444 e. The quantitative estimate of drug-likeness (QED) is 0.281. The maximum atomic E-state index is 11.7. The summed E-state index contributed by atoms with van der Waals surface area (Å²) in [5.41, 5.74) is 10.2. The SMILES string of the molecule is CC(C)(C)NC(=O)OCc1cnc(-c2ccc(CCCCN=[N+]=[N-])cc2)s1. The zero-order valence-electron chi connectivity index (χ0n) is 15.9. The first-order chi connectivity index (χ1) is 12.9. The first-order valence-corrected chi connectivity index (χ1v) is 9.69. The molecule has 0 fully saturated rings. The molecule has 0 aliphatic heterocycles. The van der Waals surface area contributed by atoms with E-state index in [2.05, 4.69) is 44.6 Å². The molecule has 2 aromatic rings. The number of nitrogens with zero attached hydrogens (tertiary/aromatic N) is 4. The summed E-state index contributed by atoms with van der Waals surface area (Å²) in [6.07, 6.45) is 4.16. The van der Waals surface area contributed by atoms with Crippen LogP contribution in [0.2, 0.25) is 0 Å². The van der Waals surface area contributed by atoms with Gasteiger partial charge in [0.15, 0.2) is 0 Å². The molecule has 0 spiro atoms. The zero-order valence-corrected chi connectivity index (χ0v) is 16.8. The number of azide groups is 1. The highest BCUT2D eigenvalue weighted by Gasteiger charge is 2.15. The second kappa shape index (κ2) is 9.94. The fourth-order valence-corrected chi connectivity index (χ4v) is 3.19. The number of nitrogens with one attached hydrogen (secondary N) is 1. The summed E-state index contributed by atoms with van der Waals surface area (Å²) < 4.78 is 5.24. The van der Waals surface area contributed by atoms with Crippen LogP contribution in [0.1, 0.15) is 44.1 Å². The van der Waals surface area contributed by atoms with E-state index in [1.165, 1.54) is 16.9 Å². The number of amides is 1. The van der Waals surface area contributed by atoms with Gasteiger partial charge in [-0.3, -0.25) is 0 Å². The fourth-order valence-electron chi connectivity index (χ4n) is 2.36. The van der Waals surface area contributed by atoms with E-state index in [9.17, 15) is 4.79 Å². The van der Waals surface area contributed by atoms with Gasteiger partial charge in [0.1, 0.15) is 11.6 Å². The molecule has 0 unspecified atom stereocenters. The highest BCUT2D eigenvalue weighted by atomic mass is 32.1. The smallest absolute Gasteiger partial charge is 0.407 e. The normalized spacial score (nSPS) is 10.9. The predicted octanol–water partition coefficient (Wildman–Crippen LogP) is 5.47. The molecule has 0 saturated heterocycles.